The van der Waals surface area contributed by atoms with E-state index in [2.05, 4.69) is 15.6 Å². The Labute approximate surface area is 258 Å². The van der Waals surface area contributed by atoms with E-state index in [9.17, 15) is 34.5 Å². The van der Waals surface area contributed by atoms with Gasteiger partial charge in [0.15, 0.2) is 24.4 Å². The molecule has 3 rings (SSSR count). The molecule has 2 aliphatic rings. The number of alkyl carbamates (subject to hydrolysis) is 1. The molecule has 242 valence electrons. The van der Waals surface area contributed by atoms with E-state index in [-0.39, 0.29) is 42.6 Å². The van der Waals surface area contributed by atoms with Crippen molar-refractivity contribution in [1.82, 2.24) is 10.6 Å². The summed E-state index contributed by atoms with van der Waals surface area (Å²) in [6.45, 7) is 9.29. The van der Waals surface area contributed by atoms with E-state index in [0.717, 1.165) is 19.3 Å². The van der Waals surface area contributed by atoms with Gasteiger partial charge in [-0.3, -0.25) is 14.6 Å². The van der Waals surface area contributed by atoms with Crippen molar-refractivity contribution in [3.05, 3.63) is 35.9 Å². The molecule has 0 radical (unpaired) electrons. The molecule has 1 aromatic rings. The van der Waals surface area contributed by atoms with E-state index in [4.69, 9.17) is 4.74 Å². The van der Waals surface area contributed by atoms with Crippen LogP contribution >= 0.6 is 0 Å². The van der Waals surface area contributed by atoms with Crippen LogP contribution in [0.15, 0.2) is 35.3 Å². The zero-order chi connectivity index (χ0) is 32.6. The molecule has 1 heterocycles. The molecule has 1 saturated heterocycles. The number of hydrogen-bond donors (Lipinski definition) is 4. The SMILES string of the molecule is CCCC(NC(=O)[C@@H]1[C@H]2CCC[C@H]2C[N+]1=C(O)[C@@H](NC(=O)OC(C)C)C(C)C)C(=O)C([O-])=N[C@@H](Cc1ccccc1)C(=O)O. The maximum Gasteiger partial charge on any atom is 0.408 e. The largest absolute Gasteiger partial charge is 0.856 e. The van der Waals surface area contributed by atoms with Crippen LogP contribution in [0.25, 0.3) is 0 Å². The van der Waals surface area contributed by atoms with Crippen LogP contribution in [0.4, 0.5) is 4.79 Å². The minimum Gasteiger partial charge on any atom is -0.856 e. The second kappa shape index (κ2) is 15.7. The van der Waals surface area contributed by atoms with E-state index >= 15 is 0 Å². The normalized spacial score (nSPS) is 23.1. The molecule has 1 aromatic carbocycles. The van der Waals surface area contributed by atoms with Crippen LogP contribution in [0, 0.1) is 17.8 Å². The van der Waals surface area contributed by atoms with Crippen LogP contribution in [-0.4, -0.2) is 87.2 Å². The molecule has 44 heavy (non-hydrogen) atoms. The van der Waals surface area contributed by atoms with Crippen LogP contribution in [0.2, 0.25) is 0 Å². The highest BCUT2D eigenvalue weighted by molar-refractivity contribution is 6.36. The van der Waals surface area contributed by atoms with Crippen molar-refractivity contribution >= 4 is 35.5 Å². The molecule has 2 amide bonds. The van der Waals surface area contributed by atoms with Crippen molar-refractivity contribution in [3.8, 4) is 0 Å². The summed E-state index contributed by atoms with van der Waals surface area (Å²) in [6, 6.07) is 4.37. The first kappa shape index (κ1) is 34.5. The van der Waals surface area contributed by atoms with Gasteiger partial charge in [-0.2, -0.15) is 4.58 Å². The molecule has 4 N–H and O–H groups in total. The van der Waals surface area contributed by atoms with Gasteiger partial charge >= 0.3 is 18.0 Å². The third-order valence-electron chi connectivity index (χ3n) is 8.27. The molecule has 0 bridgehead atoms. The second-order valence-corrected chi connectivity index (χ2v) is 12.3. The summed E-state index contributed by atoms with van der Waals surface area (Å²) in [6.07, 6.45) is 2.05. The van der Waals surface area contributed by atoms with Crippen molar-refractivity contribution in [2.24, 2.45) is 22.7 Å². The Morgan fingerprint density at radius 3 is 2.34 bits per heavy atom. The number of amides is 2. The van der Waals surface area contributed by atoms with E-state index in [1.54, 1.807) is 55.7 Å². The minimum absolute atomic E-state index is 0.0645. The van der Waals surface area contributed by atoms with Crippen LogP contribution in [0.5, 0.6) is 0 Å². The molecular formula is C32H46N4O8. The topological polar surface area (TPSA) is 180 Å². The highest BCUT2D eigenvalue weighted by Gasteiger charge is 2.54. The Balaban J connectivity index is 1.86. The van der Waals surface area contributed by atoms with Gasteiger partial charge in [0.1, 0.15) is 0 Å². The van der Waals surface area contributed by atoms with Gasteiger partial charge < -0.3 is 30.7 Å². The molecule has 1 aliphatic carbocycles. The first-order valence-electron chi connectivity index (χ1n) is 15.5. The Morgan fingerprint density at radius 1 is 1.07 bits per heavy atom. The van der Waals surface area contributed by atoms with E-state index < -0.39 is 53.8 Å². The number of aliphatic hydroxyl groups excluding tert-OH is 1. The minimum atomic E-state index is -1.45. The quantitative estimate of drug-likeness (QED) is 0.140. The van der Waals surface area contributed by atoms with Crippen molar-refractivity contribution in [2.45, 2.75) is 103 Å². The molecule has 12 heteroatoms. The predicted octanol–water partition coefficient (Wildman–Crippen LogP) is 2.22. The number of ether oxygens (including phenoxy) is 1. The number of carboxylic acids is 1. The van der Waals surface area contributed by atoms with Crippen LogP contribution < -0.4 is 15.7 Å². The predicted molar refractivity (Wildman–Crippen MR) is 162 cm³/mol. The lowest BCUT2D eigenvalue weighted by atomic mass is 9.93. The van der Waals surface area contributed by atoms with Crippen molar-refractivity contribution in [3.63, 3.8) is 0 Å². The smallest absolute Gasteiger partial charge is 0.408 e. The summed E-state index contributed by atoms with van der Waals surface area (Å²) in [4.78, 5) is 55.1. The number of ketones is 1. The number of aliphatic imine (C=N–C) groups is 1. The van der Waals surface area contributed by atoms with E-state index in [1.165, 1.54) is 0 Å². The Hall–Kier alpha value is -3.96. The van der Waals surface area contributed by atoms with Crippen LogP contribution in [0.1, 0.15) is 72.3 Å². The Bertz CT molecular complexity index is 1250. The van der Waals surface area contributed by atoms with Gasteiger partial charge in [0.25, 0.3) is 5.91 Å². The molecule has 0 spiro atoms. The number of Topliss-reactive ketones (excluding diaryl/α,β-unsaturated/α-hetero) is 1. The molecule has 1 unspecified atom stereocenters. The number of fused-ring (bicyclic) bond motifs is 1. The van der Waals surface area contributed by atoms with Gasteiger partial charge in [-0.05, 0) is 44.6 Å². The summed E-state index contributed by atoms with van der Waals surface area (Å²) >= 11 is 0. The first-order valence-corrected chi connectivity index (χ1v) is 15.5. The monoisotopic (exact) mass is 614 g/mol. The Morgan fingerprint density at radius 2 is 1.75 bits per heavy atom. The van der Waals surface area contributed by atoms with E-state index in [0.29, 0.717) is 18.5 Å². The standard InChI is InChI=1S/C32H46N4O8/c1-6-11-23(27(37)29(39)34-24(31(41)42)16-20-12-8-7-9-13-20)33-28(38)26-22-15-10-14-21(22)17-36(26)30(40)25(18(2)3)35-32(43)44-19(4)5/h7-9,12-13,18-19,21-26H,6,10-11,14-17H2,1-5H3,(H4,33,34,35,38,39,41,42,43)/t21-,22-,23?,24-,25-,26-/m0/s1. The van der Waals surface area contributed by atoms with Gasteiger partial charge in [-0.15, -0.1) is 0 Å². The number of carbonyl (C=O) groups is 4. The molecule has 2 fully saturated rings. The molecule has 6 atom stereocenters. The lowest BCUT2D eigenvalue weighted by Crippen LogP contribution is -2.55. The molecule has 1 aliphatic heterocycles. The number of benzene rings is 1. The van der Waals surface area contributed by atoms with Gasteiger partial charge in [-0.25, -0.2) is 9.59 Å². The zero-order valence-corrected chi connectivity index (χ0v) is 26.2. The maximum absolute atomic E-state index is 13.9. The van der Waals surface area contributed by atoms with Gasteiger partial charge in [-0.1, -0.05) is 63.9 Å². The number of carbonyl (C=O) groups excluding carboxylic acids is 3. The fourth-order valence-electron chi connectivity index (χ4n) is 6.15. The van der Waals surface area contributed by atoms with Gasteiger partial charge in [0.2, 0.25) is 6.04 Å². The lowest BCUT2D eigenvalue weighted by Gasteiger charge is -2.24. The number of rotatable bonds is 14. The second-order valence-electron chi connectivity index (χ2n) is 12.3. The van der Waals surface area contributed by atoms with Crippen LogP contribution in [-0.2, 0) is 25.5 Å². The number of nitrogens with zero attached hydrogens (tertiary/aromatic N) is 2. The number of carboxylic acid groups (broad SMARTS) is 1. The number of nitrogens with one attached hydrogen (secondary N) is 2. The lowest BCUT2D eigenvalue weighted by molar-refractivity contribution is -0.546. The number of aliphatic carboxylic acids is 1. The van der Waals surface area contributed by atoms with Crippen molar-refractivity contribution in [1.29, 1.82) is 0 Å². The average molecular weight is 615 g/mol. The maximum atomic E-state index is 13.9. The van der Waals surface area contributed by atoms with Crippen molar-refractivity contribution in [2.75, 3.05) is 6.54 Å². The zero-order valence-electron chi connectivity index (χ0n) is 26.2. The Kier molecular flexibility index (Phi) is 12.3. The fourth-order valence-corrected chi connectivity index (χ4v) is 6.15. The highest BCUT2D eigenvalue weighted by atomic mass is 16.6. The summed E-state index contributed by atoms with van der Waals surface area (Å²) in [5, 5.41) is 39.5. The van der Waals surface area contributed by atoms with Gasteiger partial charge in [0.05, 0.1) is 12.1 Å². The summed E-state index contributed by atoms with van der Waals surface area (Å²) in [5.41, 5.74) is 0.650. The molecule has 0 aromatic heterocycles. The first-order chi connectivity index (χ1) is 20.8. The number of aliphatic hydroxyl groups is 1. The molecule has 12 nitrogen and oxygen atoms in total. The number of hydrogen-bond acceptors (Lipinski definition) is 7. The van der Waals surface area contributed by atoms with Crippen LogP contribution in [0.3, 0.4) is 0 Å². The average Bonchev–Trinajstić information content (AvgIpc) is 3.56. The fraction of sp³-hybridized carbons (Fsp3) is 0.625. The molecular weight excluding hydrogens is 568 g/mol. The third-order valence-corrected chi connectivity index (χ3v) is 8.27. The molecule has 1 saturated carbocycles. The van der Waals surface area contributed by atoms with Gasteiger partial charge in [0, 0.05) is 24.2 Å². The summed E-state index contributed by atoms with van der Waals surface area (Å²) in [5.74, 6) is -4.40. The summed E-state index contributed by atoms with van der Waals surface area (Å²) in [7, 11) is 0. The highest BCUT2D eigenvalue weighted by Crippen LogP contribution is 2.41. The summed E-state index contributed by atoms with van der Waals surface area (Å²) < 4.78 is 6.81. The third kappa shape index (κ3) is 8.79. The van der Waals surface area contributed by atoms with Crippen molar-refractivity contribution < 1.29 is 43.8 Å². The van der Waals surface area contributed by atoms with E-state index in [1.807, 2.05) is 13.8 Å².